The summed E-state index contributed by atoms with van der Waals surface area (Å²) in [5.41, 5.74) is 0. The normalized spacial score (nSPS) is 14.9. The molecule has 16 heavy (non-hydrogen) atoms. The molecule has 1 heterocycles. The van der Waals surface area contributed by atoms with Crippen LogP contribution in [0.5, 0.6) is 0 Å². The van der Waals surface area contributed by atoms with Gasteiger partial charge in [0.25, 0.3) is 0 Å². The van der Waals surface area contributed by atoms with Crippen LogP contribution in [-0.2, 0) is 0 Å². The molecular formula is C11H18N4S. The third kappa shape index (κ3) is 3.01. The maximum absolute atomic E-state index is 4.54. The first kappa shape index (κ1) is 11.5. The Morgan fingerprint density at radius 3 is 2.75 bits per heavy atom. The van der Waals surface area contributed by atoms with Crippen molar-refractivity contribution in [1.29, 1.82) is 0 Å². The molecule has 1 aliphatic carbocycles. The lowest BCUT2D eigenvalue weighted by Crippen LogP contribution is -2.08. The molecule has 4 nitrogen and oxygen atoms in total. The number of hydrogen-bond donors (Lipinski definition) is 2. The summed E-state index contributed by atoms with van der Waals surface area (Å²) in [4.78, 5) is 9.02. The van der Waals surface area contributed by atoms with Gasteiger partial charge >= 0.3 is 0 Å². The third-order valence-corrected chi connectivity index (χ3v) is 3.17. The van der Waals surface area contributed by atoms with Gasteiger partial charge in [-0.25, -0.2) is 9.97 Å². The van der Waals surface area contributed by atoms with E-state index in [-0.39, 0.29) is 0 Å². The van der Waals surface area contributed by atoms with Gasteiger partial charge in [-0.2, -0.15) is 11.8 Å². The second-order valence-corrected chi connectivity index (χ2v) is 4.93. The summed E-state index contributed by atoms with van der Waals surface area (Å²) in [6, 6.07) is 1.96. The first-order valence-corrected chi connectivity index (χ1v) is 7.02. The van der Waals surface area contributed by atoms with Crippen LogP contribution in [0.4, 0.5) is 11.6 Å². The van der Waals surface area contributed by atoms with E-state index in [9.17, 15) is 0 Å². The molecule has 0 saturated heterocycles. The molecule has 5 heteroatoms. The van der Waals surface area contributed by atoms with E-state index in [1.54, 1.807) is 0 Å². The zero-order valence-corrected chi connectivity index (χ0v) is 10.6. The molecule has 0 unspecified atom stereocenters. The number of thioether (sulfide) groups is 1. The van der Waals surface area contributed by atoms with Crippen molar-refractivity contribution in [2.45, 2.75) is 18.8 Å². The highest BCUT2D eigenvalue weighted by Gasteiger charge is 2.27. The maximum Gasteiger partial charge on any atom is 0.136 e. The predicted octanol–water partition coefficient (Wildman–Crippen LogP) is 2.17. The van der Waals surface area contributed by atoms with Crippen LogP contribution in [0.15, 0.2) is 6.07 Å². The van der Waals surface area contributed by atoms with Crippen LogP contribution in [0.2, 0.25) is 0 Å². The van der Waals surface area contributed by atoms with Crippen molar-refractivity contribution in [2.75, 3.05) is 36.2 Å². The molecule has 0 atom stereocenters. The summed E-state index contributed by atoms with van der Waals surface area (Å²) in [5, 5.41) is 6.42. The predicted molar refractivity (Wildman–Crippen MR) is 70.4 cm³/mol. The highest BCUT2D eigenvalue weighted by atomic mass is 32.2. The molecule has 0 radical (unpaired) electrons. The van der Waals surface area contributed by atoms with Crippen LogP contribution in [0.25, 0.3) is 0 Å². The van der Waals surface area contributed by atoms with Crippen LogP contribution >= 0.6 is 11.8 Å². The molecule has 2 N–H and O–H groups in total. The summed E-state index contributed by atoms with van der Waals surface area (Å²) in [6.45, 7) is 0.950. The highest BCUT2D eigenvalue weighted by molar-refractivity contribution is 7.98. The fourth-order valence-corrected chi connectivity index (χ4v) is 1.80. The number of rotatable bonds is 6. The summed E-state index contributed by atoms with van der Waals surface area (Å²) in [6.07, 6.45) is 4.57. The minimum atomic E-state index is 0.592. The van der Waals surface area contributed by atoms with E-state index in [2.05, 4.69) is 26.9 Å². The number of nitrogens with one attached hydrogen (secondary N) is 2. The molecule has 0 spiro atoms. The topological polar surface area (TPSA) is 49.8 Å². The fraction of sp³-hybridized carbons (Fsp3) is 0.636. The molecule has 1 fully saturated rings. The van der Waals surface area contributed by atoms with Gasteiger partial charge in [-0.15, -0.1) is 0 Å². The second-order valence-electron chi connectivity index (χ2n) is 3.94. The van der Waals surface area contributed by atoms with Crippen LogP contribution in [0.1, 0.15) is 24.6 Å². The van der Waals surface area contributed by atoms with Crippen LogP contribution in [0, 0.1) is 0 Å². The molecule has 1 aromatic heterocycles. The zero-order valence-electron chi connectivity index (χ0n) is 9.79. The van der Waals surface area contributed by atoms with Crippen molar-refractivity contribution in [3.63, 3.8) is 0 Å². The summed E-state index contributed by atoms with van der Waals surface area (Å²) in [5.74, 6) is 4.52. The minimum Gasteiger partial charge on any atom is -0.373 e. The molecule has 0 amide bonds. The molecule has 1 aromatic rings. The lowest BCUT2D eigenvalue weighted by atomic mass is 10.3. The van der Waals surface area contributed by atoms with Gasteiger partial charge in [0.2, 0.25) is 0 Å². The Hall–Kier alpha value is -0.970. The Bertz CT molecular complexity index is 352. The SMILES string of the molecule is CNc1cc(NCCSC)nc(C2CC2)n1. The van der Waals surface area contributed by atoms with Crippen LogP contribution in [-0.4, -0.2) is 35.6 Å². The third-order valence-electron chi connectivity index (χ3n) is 2.55. The highest BCUT2D eigenvalue weighted by Crippen LogP contribution is 2.38. The second kappa shape index (κ2) is 5.39. The summed E-state index contributed by atoms with van der Waals surface area (Å²) < 4.78 is 0. The Balaban J connectivity index is 2.06. The minimum absolute atomic E-state index is 0.592. The Morgan fingerprint density at radius 2 is 2.12 bits per heavy atom. The Kier molecular flexibility index (Phi) is 3.88. The van der Waals surface area contributed by atoms with E-state index in [1.165, 1.54) is 12.8 Å². The molecule has 2 rings (SSSR count). The largest absolute Gasteiger partial charge is 0.373 e. The van der Waals surface area contributed by atoms with E-state index < -0.39 is 0 Å². The van der Waals surface area contributed by atoms with Crippen molar-refractivity contribution in [1.82, 2.24) is 9.97 Å². The fourth-order valence-electron chi connectivity index (χ4n) is 1.49. The number of hydrogen-bond acceptors (Lipinski definition) is 5. The van der Waals surface area contributed by atoms with E-state index in [1.807, 2.05) is 24.9 Å². The van der Waals surface area contributed by atoms with Crippen LogP contribution < -0.4 is 10.6 Å². The van der Waals surface area contributed by atoms with Gasteiger partial charge in [-0.3, -0.25) is 0 Å². The summed E-state index contributed by atoms with van der Waals surface area (Å²) in [7, 11) is 1.89. The molecule has 88 valence electrons. The molecule has 1 saturated carbocycles. The van der Waals surface area contributed by atoms with E-state index in [0.29, 0.717) is 5.92 Å². The quantitative estimate of drug-likeness (QED) is 0.744. The number of nitrogens with zero attached hydrogens (tertiary/aromatic N) is 2. The van der Waals surface area contributed by atoms with Gasteiger partial charge in [-0.05, 0) is 19.1 Å². The molecule has 0 aliphatic heterocycles. The van der Waals surface area contributed by atoms with Crippen molar-refractivity contribution in [3.05, 3.63) is 11.9 Å². The van der Waals surface area contributed by atoms with E-state index in [0.717, 1.165) is 29.8 Å². The molecule has 0 bridgehead atoms. The molecule has 1 aliphatic rings. The van der Waals surface area contributed by atoms with E-state index in [4.69, 9.17) is 0 Å². The first-order chi connectivity index (χ1) is 7.83. The first-order valence-electron chi connectivity index (χ1n) is 5.63. The van der Waals surface area contributed by atoms with Gasteiger partial charge in [0.05, 0.1) is 0 Å². The monoisotopic (exact) mass is 238 g/mol. The number of aromatic nitrogens is 2. The molecule has 0 aromatic carbocycles. The zero-order chi connectivity index (χ0) is 11.4. The smallest absolute Gasteiger partial charge is 0.136 e. The lowest BCUT2D eigenvalue weighted by molar-refractivity contribution is 0.926. The summed E-state index contributed by atoms with van der Waals surface area (Å²) >= 11 is 1.83. The van der Waals surface area contributed by atoms with Gasteiger partial charge in [0, 0.05) is 31.3 Å². The standard InChI is InChI=1S/C11H18N4S/c1-12-9-7-10(13-5-6-16-2)15-11(14-9)8-3-4-8/h7-8H,3-6H2,1-2H3,(H2,12,13,14,15). The number of anilines is 2. The van der Waals surface area contributed by atoms with Gasteiger partial charge in [0.1, 0.15) is 17.5 Å². The average Bonchev–Trinajstić information content (AvgIpc) is 3.13. The van der Waals surface area contributed by atoms with Gasteiger partial charge in [0.15, 0.2) is 0 Å². The molecular weight excluding hydrogens is 220 g/mol. The van der Waals surface area contributed by atoms with E-state index >= 15 is 0 Å². The van der Waals surface area contributed by atoms with Crippen molar-refractivity contribution >= 4 is 23.4 Å². The van der Waals surface area contributed by atoms with Crippen molar-refractivity contribution < 1.29 is 0 Å². The maximum atomic E-state index is 4.54. The van der Waals surface area contributed by atoms with Crippen molar-refractivity contribution in [3.8, 4) is 0 Å². The van der Waals surface area contributed by atoms with Gasteiger partial charge < -0.3 is 10.6 Å². The Labute approximate surface area is 101 Å². The van der Waals surface area contributed by atoms with Crippen LogP contribution in [0.3, 0.4) is 0 Å². The van der Waals surface area contributed by atoms with Gasteiger partial charge in [-0.1, -0.05) is 0 Å². The van der Waals surface area contributed by atoms with Crippen molar-refractivity contribution in [2.24, 2.45) is 0 Å². The lowest BCUT2D eigenvalue weighted by Gasteiger charge is -2.08. The Morgan fingerprint density at radius 1 is 1.38 bits per heavy atom. The average molecular weight is 238 g/mol.